The molecule has 8 heteroatoms. The van der Waals surface area contributed by atoms with Crippen molar-refractivity contribution in [3.63, 3.8) is 0 Å². The van der Waals surface area contributed by atoms with Gasteiger partial charge in [0.25, 0.3) is 0 Å². The molecule has 1 aromatic heterocycles. The van der Waals surface area contributed by atoms with Crippen molar-refractivity contribution in [2.75, 3.05) is 24.3 Å². The third kappa shape index (κ3) is 4.52. The van der Waals surface area contributed by atoms with Gasteiger partial charge in [0.1, 0.15) is 6.33 Å². The number of benzene rings is 2. The molecule has 0 atom stereocenters. The number of rotatable bonds is 6. The lowest BCUT2D eigenvalue weighted by Gasteiger charge is -2.19. The van der Waals surface area contributed by atoms with Crippen molar-refractivity contribution in [3.8, 4) is 5.69 Å². The highest BCUT2D eigenvalue weighted by atomic mass is 32.1. The van der Waals surface area contributed by atoms with Crippen molar-refractivity contribution < 1.29 is 4.79 Å². The van der Waals surface area contributed by atoms with E-state index in [-0.39, 0.29) is 12.5 Å². The second-order valence-electron chi connectivity index (χ2n) is 5.46. The molecule has 128 valence electrons. The van der Waals surface area contributed by atoms with Crippen LogP contribution in [0.5, 0.6) is 0 Å². The summed E-state index contributed by atoms with van der Waals surface area (Å²) in [6.45, 7) is 0.199. The molecule has 25 heavy (non-hydrogen) atoms. The summed E-state index contributed by atoms with van der Waals surface area (Å²) in [6.07, 6.45) is 1.60. The molecule has 7 nitrogen and oxygen atoms in total. The van der Waals surface area contributed by atoms with E-state index in [1.807, 2.05) is 61.6 Å². The minimum atomic E-state index is -0.126. The standard InChI is InChI=1S/C17H18N6OS/c1-22(21-13-6-3-2-4-7-13)11-16(24)19-14-8-5-9-15(10-14)23-12-18-20-17(23)25/h2-10,12,21H,11H2,1H3,(H,19,24)(H,20,25). The molecule has 3 aromatic rings. The Labute approximate surface area is 150 Å². The van der Waals surface area contributed by atoms with Gasteiger partial charge in [-0.3, -0.25) is 14.5 Å². The molecule has 0 radical (unpaired) electrons. The van der Waals surface area contributed by atoms with Gasteiger partial charge in [0.05, 0.1) is 12.2 Å². The highest BCUT2D eigenvalue weighted by Gasteiger charge is 2.08. The predicted octanol–water partition coefficient (Wildman–Crippen LogP) is 2.83. The van der Waals surface area contributed by atoms with Crippen molar-refractivity contribution >= 4 is 29.5 Å². The van der Waals surface area contributed by atoms with Crippen LogP contribution in [0.4, 0.5) is 11.4 Å². The molecule has 0 bridgehead atoms. The van der Waals surface area contributed by atoms with Crippen LogP contribution in [-0.4, -0.2) is 39.3 Å². The van der Waals surface area contributed by atoms with E-state index in [4.69, 9.17) is 12.2 Å². The first-order valence-electron chi connectivity index (χ1n) is 7.67. The monoisotopic (exact) mass is 354 g/mol. The fourth-order valence-electron chi connectivity index (χ4n) is 2.35. The first-order chi connectivity index (χ1) is 12.1. The number of hydrogen-bond donors (Lipinski definition) is 3. The Bertz CT molecular complexity index is 905. The summed E-state index contributed by atoms with van der Waals surface area (Å²) >= 11 is 5.16. The quantitative estimate of drug-likeness (QED) is 0.469. The zero-order valence-corrected chi connectivity index (χ0v) is 14.5. The number of carbonyl (C=O) groups is 1. The molecule has 3 N–H and O–H groups in total. The molecule has 0 aliphatic carbocycles. The van der Waals surface area contributed by atoms with Crippen molar-refractivity contribution in [1.82, 2.24) is 19.8 Å². The van der Waals surface area contributed by atoms with Crippen LogP contribution in [0.2, 0.25) is 0 Å². The maximum absolute atomic E-state index is 12.2. The van der Waals surface area contributed by atoms with Crippen LogP contribution in [0.25, 0.3) is 5.69 Å². The van der Waals surface area contributed by atoms with Crippen LogP contribution < -0.4 is 10.7 Å². The summed E-state index contributed by atoms with van der Waals surface area (Å²) in [4.78, 5) is 12.2. The van der Waals surface area contributed by atoms with Crippen LogP contribution in [0.15, 0.2) is 60.9 Å². The van der Waals surface area contributed by atoms with Gasteiger partial charge in [-0.15, -0.1) is 0 Å². The van der Waals surface area contributed by atoms with E-state index < -0.39 is 0 Å². The van der Waals surface area contributed by atoms with Gasteiger partial charge in [-0.25, -0.2) is 5.01 Å². The number of aromatic amines is 1. The Morgan fingerprint density at radius 2 is 1.96 bits per heavy atom. The van der Waals surface area contributed by atoms with E-state index in [2.05, 4.69) is 20.9 Å². The predicted molar refractivity (Wildman–Crippen MR) is 100 cm³/mol. The number of carbonyl (C=O) groups excluding carboxylic acids is 1. The van der Waals surface area contributed by atoms with E-state index in [9.17, 15) is 4.79 Å². The van der Waals surface area contributed by atoms with Crippen molar-refractivity contribution in [2.24, 2.45) is 0 Å². The van der Waals surface area contributed by atoms with Gasteiger partial charge in [0.2, 0.25) is 5.91 Å². The zero-order valence-electron chi connectivity index (χ0n) is 13.6. The lowest BCUT2D eigenvalue weighted by atomic mass is 10.2. The highest BCUT2D eigenvalue weighted by Crippen LogP contribution is 2.14. The lowest BCUT2D eigenvalue weighted by Crippen LogP contribution is -2.34. The van der Waals surface area contributed by atoms with Crippen molar-refractivity contribution in [3.05, 3.63) is 65.7 Å². The first kappa shape index (κ1) is 16.9. The second-order valence-corrected chi connectivity index (χ2v) is 5.85. The van der Waals surface area contributed by atoms with Crippen molar-refractivity contribution in [1.29, 1.82) is 0 Å². The topological polar surface area (TPSA) is 78.0 Å². The maximum atomic E-state index is 12.2. The fraction of sp³-hybridized carbons (Fsp3) is 0.118. The Morgan fingerprint density at radius 1 is 1.20 bits per heavy atom. The molecule has 0 saturated heterocycles. The highest BCUT2D eigenvalue weighted by molar-refractivity contribution is 7.71. The van der Waals surface area contributed by atoms with E-state index in [0.717, 1.165) is 11.4 Å². The summed E-state index contributed by atoms with van der Waals surface area (Å²) in [7, 11) is 1.81. The molecule has 1 heterocycles. The number of nitrogens with zero attached hydrogens (tertiary/aromatic N) is 3. The number of aromatic nitrogens is 3. The molecule has 0 unspecified atom stereocenters. The first-order valence-corrected chi connectivity index (χ1v) is 8.08. The van der Waals surface area contributed by atoms with E-state index in [0.29, 0.717) is 10.5 Å². The molecule has 0 fully saturated rings. The minimum absolute atomic E-state index is 0.126. The van der Waals surface area contributed by atoms with Crippen molar-refractivity contribution in [2.45, 2.75) is 0 Å². The summed E-state index contributed by atoms with van der Waals surface area (Å²) in [5, 5.41) is 11.2. The van der Waals surface area contributed by atoms with Gasteiger partial charge in [-0.2, -0.15) is 5.10 Å². The summed E-state index contributed by atoms with van der Waals surface area (Å²) < 4.78 is 2.23. The summed E-state index contributed by atoms with van der Waals surface area (Å²) in [6, 6.07) is 17.1. The van der Waals surface area contributed by atoms with Gasteiger partial charge >= 0.3 is 0 Å². The molecule has 2 aromatic carbocycles. The number of amides is 1. The molecule has 1 amide bonds. The number of H-pyrrole nitrogens is 1. The Kier molecular flexibility index (Phi) is 5.22. The number of nitrogens with one attached hydrogen (secondary N) is 3. The molecule has 0 spiro atoms. The van der Waals surface area contributed by atoms with Crippen LogP contribution in [-0.2, 0) is 4.79 Å². The second kappa shape index (κ2) is 7.73. The third-order valence-electron chi connectivity index (χ3n) is 3.43. The van der Waals surface area contributed by atoms with Gasteiger partial charge in [0.15, 0.2) is 4.77 Å². The largest absolute Gasteiger partial charge is 0.325 e. The number of para-hydroxylation sites is 1. The Balaban J connectivity index is 1.61. The van der Waals surface area contributed by atoms with Gasteiger partial charge in [-0.05, 0) is 42.5 Å². The van der Waals surface area contributed by atoms with Gasteiger partial charge in [-0.1, -0.05) is 24.3 Å². The van der Waals surface area contributed by atoms with Crippen LogP contribution in [0, 0.1) is 4.77 Å². The van der Waals surface area contributed by atoms with E-state index in [1.165, 1.54) is 0 Å². The summed E-state index contributed by atoms with van der Waals surface area (Å²) in [5.41, 5.74) is 5.59. The number of anilines is 2. The average molecular weight is 354 g/mol. The third-order valence-corrected chi connectivity index (χ3v) is 3.72. The van der Waals surface area contributed by atoms with Gasteiger partial charge in [0, 0.05) is 18.4 Å². The molecular formula is C17H18N6OS. The lowest BCUT2D eigenvalue weighted by molar-refractivity contribution is -0.116. The number of likely N-dealkylation sites (N-methyl/N-ethyl adjacent to an activating group) is 1. The van der Waals surface area contributed by atoms with Crippen LogP contribution in [0.1, 0.15) is 0 Å². The van der Waals surface area contributed by atoms with Gasteiger partial charge < -0.3 is 10.7 Å². The normalized spacial score (nSPS) is 10.6. The number of hydrazine groups is 1. The van der Waals surface area contributed by atoms with E-state index in [1.54, 1.807) is 15.9 Å². The maximum Gasteiger partial charge on any atom is 0.240 e. The Morgan fingerprint density at radius 3 is 2.68 bits per heavy atom. The van der Waals surface area contributed by atoms with Crippen LogP contribution >= 0.6 is 12.2 Å². The van der Waals surface area contributed by atoms with Crippen LogP contribution in [0.3, 0.4) is 0 Å². The summed E-state index contributed by atoms with van der Waals surface area (Å²) in [5.74, 6) is -0.126. The Hall–Kier alpha value is -2.97. The average Bonchev–Trinajstić information content (AvgIpc) is 3.02. The molecule has 0 saturated carbocycles. The fourth-order valence-corrected chi connectivity index (χ4v) is 2.56. The molecular weight excluding hydrogens is 336 g/mol. The van der Waals surface area contributed by atoms with E-state index >= 15 is 0 Å². The smallest absolute Gasteiger partial charge is 0.240 e. The number of hydrogen-bond acceptors (Lipinski definition) is 5. The molecule has 0 aliphatic rings. The SMILES string of the molecule is CN(CC(=O)Nc1cccc(-n2cn[nH]c2=S)c1)Nc1ccccc1. The molecule has 3 rings (SSSR count). The minimum Gasteiger partial charge on any atom is -0.325 e. The molecule has 0 aliphatic heterocycles. The zero-order chi connectivity index (χ0) is 17.6.